The number of hydrogen-bond acceptors (Lipinski definition) is 8. The number of nitrogens with one attached hydrogen (secondary N) is 1. The van der Waals surface area contributed by atoms with Gasteiger partial charge in [-0.25, -0.2) is 0 Å². The lowest BCUT2D eigenvalue weighted by Gasteiger charge is -2.25. The summed E-state index contributed by atoms with van der Waals surface area (Å²) in [6.45, 7) is 4.78. The zero-order chi connectivity index (χ0) is 23.1. The summed E-state index contributed by atoms with van der Waals surface area (Å²) < 4.78 is 17.7. The first-order chi connectivity index (χ1) is 15.3. The van der Waals surface area contributed by atoms with Gasteiger partial charge in [-0.3, -0.25) is 9.78 Å². The summed E-state index contributed by atoms with van der Waals surface area (Å²) >= 11 is 0. The van der Waals surface area contributed by atoms with Crippen LogP contribution in [0, 0.1) is 5.92 Å². The number of ether oxygens (including phenoxy) is 1. The minimum atomic E-state index is -0.479. The fraction of sp³-hybridized carbons (Fsp3) is 0.364. The Balaban J connectivity index is 1.54. The van der Waals surface area contributed by atoms with Crippen LogP contribution in [0.15, 0.2) is 47.3 Å². The highest BCUT2D eigenvalue weighted by Gasteiger charge is 2.17. The topological polar surface area (TPSA) is 129 Å². The number of aromatic amines is 1. The van der Waals surface area contributed by atoms with Crippen LogP contribution in [0.2, 0.25) is 0 Å². The van der Waals surface area contributed by atoms with Crippen LogP contribution in [0.5, 0.6) is 5.75 Å². The molecule has 0 fully saturated rings. The summed E-state index contributed by atoms with van der Waals surface area (Å²) in [5.41, 5.74) is 11.0. The van der Waals surface area contributed by atoms with Gasteiger partial charge in [0.2, 0.25) is 15.0 Å². The van der Waals surface area contributed by atoms with E-state index in [2.05, 4.69) is 23.8 Å². The van der Waals surface area contributed by atoms with Crippen LogP contribution in [0.3, 0.4) is 0 Å². The summed E-state index contributed by atoms with van der Waals surface area (Å²) in [6, 6.07) is 14.0. The number of benzene rings is 2. The average molecular weight is 459 g/mol. The van der Waals surface area contributed by atoms with Crippen LogP contribution < -0.4 is 26.5 Å². The lowest BCUT2D eigenvalue weighted by atomic mass is 10.1. The van der Waals surface area contributed by atoms with Crippen molar-refractivity contribution >= 4 is 37.3 Å². The number of fused-ring (bicyclic) bond motifs is 1. The van der Waals surface area contributed by atoms with E-state index in [1.807, 2.05) is 42.5 Å². The molecule has 3 aromatic rings. The lowest BCUT2D eigenvalue weighted by molar-refractivity contribution is 0.0117. The van der Waals surface area contributed by atoms with Crippen LogP contribution in [0.25, 0.3) is 10.8 Å². The van der Waals surface area contributed by atoms with Crippen molar-refractivity contribution in [2.24, 2.45) is 5.92 Å². The molecule has 0 saturated carbocycles. The van der Waals surface area contributed by atoms with Gasteiger partial charge in [0.05, 0.1) is 12.7 Å². The molecule has 0 amide bonds. The molecule has 172 valence electrons. The van der Waals surface area contributed by atoms with Crippen molar-refractivity contribution in [2.75, 3.05) is 36.8 Å². The summed E-state index contributed by atoms with van der Waals surface area (Å²) in [5, 5.41) is 2.16. The Morgan fingerprint density at radius 3 is 2.69 bits per heavy atom. The fourth-order valence-corrected chi connectivity index (χ4v) is 3.83. The normalized spacial score (nSPS) is 12.6. The first kappa shape index (κ1) is 23.8. The van der Waals surface area contributed by atoms with E-state index in [4.69, 9.17) is 25.3 Å². The fourth-order valence-electron chi connectivity index (χ4n) is 3.25. The molecule has 1 heterocycles. The molecule has 32 heavy (non-hydrogen) atoms. The van der Waals surface area contributed by atoms with E-state index in [-0.39, 0.29) is 39.3 Å². The smallest absolute Gasteiger partial charge is 0.277 e. The molecule has 2 unspecified atom stereocenters. The Hall–Kier alpha value is -2.87. The molecular weight excluding hydrogens is 429 g/mol. The van der Waals surface area contributed by atoms with Crippen molar-refractivity contribution < 1.29 is 13.8 Å². The molecule has 5 N–H and O–H groups in total. The number of aromatic nitrogens is 2. The highest BCUT2D eigenvalue weighted by molar-refractivity contribution is 7.26. The Morgan fingerprint density at radius 1 is 1.16 bits per heavy atom. The van der Waals surface area contributed by atoms with Crippen molar-refractivity contribution in [3.05, 3.63) is 52.8 Å². The van der Waals surface area contributed by atoms with Gasteiger partial charge in [0.25, 0.3) is 5.56 Å². The maximum absolute atomic E-state index is 11.8. The maximum Gasteiger partial charge on any atom is 0.277 e. The Kier molecular flexibility index (Phi) is 8.27. The quantitative estimate of drug-likeness (QED) is 0.226. The Bertz CT molecular complexity index is 1090. The molecule has 0 bridgehead atoms. The largest absolute Gasteiger partial charge is 0.449 e. The number of H-pyrrole nitrogens is 1. The van der Waals surface area contributed by atoms with Gasteiger partial charge in [-0.1, -0.05) is 50.2 Å². The summed E-state index contributed by atoms with van der Waals surface area (Å²) in [5.74, 6) is 1.47. The highest BCUT2D eigenvalue weighted by Crippen LogP contribution is 2.30. The van der Waals surface area contributed by atoms with E-state index in [0.717, 1.165) is 22.9 Å². The molecule has 0 aliphatic carbocycles. The third-order valence-electron chi connectivity index (χ3n) is 4.78. The minimum Gasteiger partial charge on any atom is -0.449 e. The Morgan fingerprint density at radius 2 is 1.91 bits per heavy atom. The molecule has 0 radical (unpaired) electrons. The van der Waals surface area contributed by atoms with E-state index < -0.39 is 5.56 Å². The van der Waals surface area contributed by atoms with Crippen molar-refractivity contribution in [1.82, 2.24) is 9.97 Å². The summed E-state index contributed by atoms with van der Waals surface area (Å²) in [7, 11) is 1.57. The number of nitrogen functional groups attached to an aromatic ring is 2. The van der Waals surface area contributed by atoms with Gasteiger partial charge in [-0.15, -0.1) is 0 Å². The van der Waals surface area contributed by atoms with Gasteiger partial charge in [-0.2, -0.15) is 4.98 Å². The zero-order valence-corrected chi connectivity index (χ0v) is 19.5. The van der Waals surface area contributed by atoms with Gasteiger partial charge in [-0.05, 0) is 23.8 Å². The molecular formula is C22H30N5O4P. The predicted octanol–water partition coefficient (Wildman–Crippen LogP) is 3.52. The maximum atomic E-state index is 11.8. The second-order valence-electron chi connectivity index (χ2n) is 7.91. The van der Waals surface area contributed by atoms with Crippen LogP contribution in [0.1, 0.15) is 20.3 Å². The molecule has 0 spiro atoms. The predicted molar refractivity (Wildman–Crippen MR) is 130 cm³/mol. The number of hydrogen-bond donors (Lipinski definition) is 3. The number of anilines is 3. The van der Waals surface area contributed by atoms with E-state index >= 15 is 0 Å². The molecule has 3 rings (SSSR count). The van der Waals surface area contributed by atoms with E-state index in [0.29, 0.717) is 12.5 Å². The van der Waals surface area contributed by atoms with Gasteiger partial charge in [0.15, 0.2) is 5.82 Å². The van der Waals surface area contributed by atoms with E-state index in [1.165, 1.54) is 0 Å². The third kappa shape index (κ3) is 6.32. The van der Waals surface area contributed by atoms with Crippen LogP contribution in [-0.4, -0.2) is 36.5 Å². The molecule has 2 atom stereocenters. The van der Waals surface area contributed by atoms with Crippen molar-refractivity contribution in [1.29, 1.82) is 0 Å². The van der Waals surface area contributed by atoms with Crippen LogP contribution >= 0.6 is 9.03 Å². The minimum absolute atomic E-state index is 0.0000941. The van der Waals surface area contributed by atoms with Crippen molar-refractivity contribution in [3.8, 4) is 5.75 Å². The Labute approximate surface area is 189 Å². The second kappa shape index (κ2) is 11.1. The second-order valence-corrected chi connectivity index (χ2v) is 8.57. The number of nitrogens with zero attached hydrogens (tertiary/aromatic N) is 2. The first-order valence-corrected chi connectivity index (χ1v) is 11.2. The SMILES string of the molecule is CC(C)CC(COPOc1cccc2ccccc12)OCN(C)c1nc(N)[nH]c(=O)c1N. The summed E-state index contributed by atoms with van der Waals surface area (Å²) in [4.78, 5) is 19.9. The molecule has 10 heteroatoms. The van der Waals surface area contributed by atoms with Gasteiger partial charge in [0.1, 0.15) is 18.2 Å². The number of rotatable bonds is 11. The average Bonchev–Trinajstić information content (AvgIpc) is 2.76. The van der Waals surface area contributed by atoms with Gasteiger partial charge < -0.3 is 30.2 Å². The highest BCUT2D eigenvalue weighted by atomic mass is 31.1. The van der Waals surface area contributed by atoms with Crippen LogP contribution in [0.4, 0.5) is 17.5 Å². The van der Waals surface area contributed by atoms with E-state index in [1.54, 1.807) is 11.9 Å². The molecule has 2 aromatic carbocycles. The molecule has 1 aromatic heterocycles. The first-order valence-electron chi connectivity index (χ1n) is 10.3. The monoisotopic (exact) mass is 459 g/mol. The van der Waals surface area contributed by atoms with Gasteiger partial charge >= 0.3 is 0 Å². The third-order valence-corrected chi connectivity index (χ3v) is 5.37. The van der Waals surface area contributed by atoms with Crippen molar-refractivity contribution in [3.63, 3.8) is 0 Å². The van der Waals surface area contributed by atoms with Crippen molar-refractivity contribution in [2.45, 2.75) is 26.4 Å². The van der Waals surface area contributed by atoms with Crippen LogP contribution in [-0.2, 0) is 9.26 Å². The molecule has 9 nitrogen and oxygen atoms in total. The lowest BCUT2D eigenvalue weighted by Crippen LogP contribution is -2.31. The standard InChI is InChI=1S/C22H30N5O4P/c1-14(2)11-16(29-13-27(3)20-19(23)21(28)26-22(24)25-20)12-30-32-31-18-10-6-8-15-7-4-5-9-17(15)18/h4-10,14,16,32H,11-13,23H2,1-3H3,(H3,24,25,26,28). The zero-order valence-electron chi connectivity index (χ0n) is 18.5. The van der Waals surface area contributed by atoms with E-state index in [9.17, 15) is 4.79 Å². The van der Waals surface area contributed by atoms with Gasteiger partial charge in [0, 0.05) is 12.4 Å². The number of nitrogens with two attached hydrogens (primary N) is 2. The molecule has 0 aliphatic rings. The molecule has 0 aliphatic heterocycles. The summed E-state index contributed by atoms with van der Waals surface area (Å²) in [6.07, 6.45) is 0.633. The molecule has 0 saturated heterocycles.